The van der Waals surface area contributed by atoms with Crippen LogP contribution in [0.4, 0.5) is 0 Å². The van der Waals surface area contributed by atoms with Crippen molar-refractivity contribution in [3.8, 4) is 17.5 Å². The Morgan fingerprint density at radius 3 is 2.92 bits per heavy atom. The number of imidazole rings is 1. The first-order valence-electron chi connectivity index (χ1n) is 7.47. The Morgan fingerprint density at radius 2 is 2.32 bits per heavy atom. The van der Waals surface area contributed by atoms with E-state index in [0.29, 0.717) is 17.9 Å². The minimum atomic E-state index is -0.763. The number of nitrogens with zero attached hydrogens (tertiary/aromatic N) is 4. The number of aromatic nitrogens is 3. The van der Waals surface area contributed by atoms with Gasteiger partial charge in [0.25, 0.3) is 11.8 Å². The van der Waals surface area contributed by atoms with Crippen molar-refractivity contribution in [2.24, 2.45) is 5.73 Å². The van der Waals surface area contributed by atoms with Gasteiger partial charge in [-0.05, 0) is 24.6 Å². The Bertz CT molecular complexity index is 983. The van der Waals surface area contributed by atoms with Gasteiger partial charge in [0, 0.05) is 0 Å². The van der Waals surface area contributed by atoms with Crippen molar-refractivity contribution in [1.29, 1.82) is 5.26 Å². The molecule has 9 heteroatoms. The van der Waals surface area contributed by atoms with E-state index in [9.17, 15) is 9.59 Å². The molecule has 1 atom stereocenters. The maximum absolute atomic E-state index is 12.6. The number of hydrogen-bond acceptors (Lipinski definition) is 6. The molecule has 9 nitrogen and oxygen atoms in total. The van der Waals surface area contributed by atoms with Crippen LogP contribution in [0.2, 0.25) is 0 Å². The van der Waals surface area contributed by atoms with Gasteiger partial charge in [0.1, 0.15) is 23.8 Å². The maximum Gasteiger partial charge on any atom is 0.271 e. The number of nitriles is 1. The second-order valence-electron chi connectivity index (χ2n) is 5.22. The Labute approximate surface area is 142 Å². The van der Waals surface area contributed by atoms with E-state index in [0.717, 1.165) is 0 Å². The second-order valence-corrected chi connectivity index (χ2v) is 5.22. The van der Waals surface area contributed by atoms with Gasteiger partial charge in [-0.2, -0.15) is 5.26 Å². The van der Waals surface area contributed by atoms with Crippen molar-refractivity contribution in [2.75, 3.05) is 0 Å². The van der Waals surface area contributed by atoms with E-state index in [1.807, 2.05) is 6.07 Å². The Kier molecular flexibility index (Phi) is 4.18. The van der Waals surface area contributed by atoms with Crippen LogP contribution >= 0.6 is 0 Å². The number of amides is 2. The monoisotopic (exact) mass is 338 g/mol. The smallest absolute Gasteiger partial charge is 0.271 e. The molecular weight excluding hydrogens is 324 g/mol. The number of nitrogens with one attached hydrogen (secondary N) is 1. The third-order valence-electron chi connectivity index (χ3n) is 3.61. The summed E-state index contributed by atoms with van der Waals surface area (Å²) in [5, 5.41) is 11.7. The molecule has 0 saturated heterocycles. The van der Waals surface area contributed by atoms with Crippen LogP contribution in [0, 0.1) is 11.3 Å². The molecule has 0 unspecified atom stereocenters. The molecular formula is C16H14N6O3. The second kappa shape index (κ2) is 6.45. The SMILES string of the molecule is CC[C@@H](C#N)NC(=O)c1cc(-c2ccco2)nc2c(C(N)=O)ncn12. The first-order valence-corrected chi connectivity index (χ1v) is 7.47. The molecule has 3 N–H and O–H groups in total. The van der Waals surface area contributed by atoms with E-state index >= 15 is 0 Å². The fraction of sp³-hybridized carbons (Fsp3) is 0.188. The number of fused-ring (bicyclic) bond motifs is 1. The minimum Gasteiger partial charge on any atom is -0.463 e. The van der Waals surface area contributed by atoms with Crippen LogP contribution in [0.1, 0.15) is 34.3 Å². The van der Waals surface area contributed by atoms with Gasteiger partial charge in [-0.3, -0.25) is 14.0 Å². The van der Waals surface area contributed by atoms with E-state index in [4.69, 9.17) is 15.4 Å². The third kappa shape index (κ3) is 2.92. The van der Waals surface area contributed by atoms with Crippen molar-refractivity contribution in [2.45, 2.75) is 19.4 Å². The molecule has 0 saturated carbocycles. The van der Waals surface area contributed by atoms with Crippen molar-refractivity contribution in [1.82, 2.24) is 19.7 Å². The third-order valence-corrected chi connectivity index (χ3v) is 3.61. The van der Waals surface area contributed by atoms with Crippen LogP contribution in [0.5, 0.6) is 0 Å². The van der Waals surface area contributed by atoms with Crippen LogP contribution in [0.15, 0.2) is 35.2 Å². The van der Waals surface area contributed by atoms with E-state index < -0.39 is 17.9 Å². The van der Waals surface area contributed by atoms with Crippen LogP contribution in [-0.2, 0) is 0 Å². The summed E-state index contributed by atoms with van der Waals surface area (Å²) >= 11 is 0. The largest absolute Gasteiger partial charge is 0.463 e. The average molecular weight is 338 g/mol. The number of primary amides is 1. The summed E-state index contributed by atoms with van der Waals surface area (Å²) < 4.78 is 6.66. The van der Waals surface area contributed by atoms with Gasteiger partial charge in [-0.15, -0.1) is 0 Å². The fourth-order valence-corrected chi connectivity index (χ4v) is 2.33. The summed E-state index contributed by atoms with van der Waals surface area (Å²) in [5.41, 5.74) is 5.90. The summed E-state index contributed by atoms with van der Waals surface area (Å²) in [7, 11) is 0. The zero-order valence-corrected chi connectivity index (χ0v) is 13.3. The van der Waals surface area contributed by atoms with Gasteiger partial charge in [-0.1, -0.05) is 6.92 Å². The molecule has 3 aromatic rings. The highest BCUT2D eigenvalue weighted by molar-refractivity contribution is 5.99. The first-order chi connectivity index (χ1) is 12.0. The molecule has 3 rings (SSSR count). The van der Waals surface area contributed by atoms with E-state index in [2.05, 4.69) is 15.3 Å². The lowest BCUT2D eigenvalue weighted by Crippen LogP contribution is -2.34. The maximum atomic E-state index is 12.6. The molecule has 0 spiro atoms. The lowest BCUT2D eigenvalue weighted by Gasteiger charge is -2.11. The van der Waals surface area contributed by atoms with Crippen LogP contribution in [0.25, 0.3) is 17.1 Å². The molecule has 0 fully saturated rings. The number of rotatable bonds is 5. The molecule has 3 aromatic heterocycles. The quantitative estimate of drug-likeness (QED) is 0.714. The highest BCUT2D eigenvalue weighted by Crippen LogP contribution is 2.21. The molecule has 0 aromatic carbocycles. The summed E-state index contributed by atoms with van der Waals surface area (Å²) in [6.07, 6.45) is 3.21. The summed E-state index contributed by atoms with van der Waals surface area (Å²) in [6, 6.07) is 6.21. The lowest BCUT2D eigenvalue weighted by molar-refractivity contribution is 0.0936. The molecule has 0 radical (unpaired) electrons. The number of nitrogens with two attached hydrogens (primary N) is 1. The van der Waals surface area contributed by atoms with E-state index in [-0.39, 0.29) is 17.0 Å². The lowest BCUT2D eigenvalue weighted by atomic mass is 10.2. The minimum absolute atomic E-state index is 0.0604. The number of carbonyl (C=O) groups excluding carboxylic acids is 2. The van der Waals surface area contributed by atoms with Gasteiger partial charge < -0.3 is 15.5 Å². The molecule has 126 valence electrons. The van der Waals surface area contributed by atoms with E-state index in [1.54, 1.807) is 19.1 Å². The predicted octanol–water partition coefficient (Wildman–Crippen LogP) is 1.12. The zero-order valence-electron chi connectivity index (χ0n) is 13.3. The normalized spacial score (nSPS) is 11.8. The van der Waals surface area contributed by atoms with Gasteiger partial charge in [0.2, 0.25) is 0 Å². The topological polar surface area (TPSA) is 139 Å². The van der Waals surface area contributed by atoms with Gasteiger partial charge >= 0.3 is 0 Å². The van der Waals surface area contributed by atoms with E-state index in [1.165, 1.54) is 23.1 Å². The van der Waals surface area contributed by atoms with Crippen molar-refractivity contribution < 1.29 is 14.0 Å². The van der Waals surface area contributed by atoms with Crippen LogP contribution in [-0.4, -0.2) is 32.2 Å². The molecule has 0 aliphatic carbocycles. The summed E-state index contributed by atoms with van der Waals surface area (Å²) in [6.45, 7) is 1.78. The van der Waals surface area contributed by atoms with Crippen molar-refractivity contribution in [3.05, 3.63) is 42.2 Å². The Balaban J connectivity index is 2.18. The van der Waals surface area contributed by atoms with Crippen LogP contribution in [0.3, 0.4) is 0 Å². The number of hydrogen-bond donors (Lipinski definition) is 2. The number of furan rings is 1. The van der Waals surface area contributed by atoms with Gasteiger partial charge in [0.05, 0.1) is 12.3 Å². The standard InChI is InChI=1S/C16H14N6O3/c1-2-9(7-17)20-16(24)11-6-10(12-4-3-5-25-12)21-15-13(14(18)23)19-8-22(11)15/h3-6,8-9H,2H2,1H3,(H2,18,23)(H,20,24)/t9-/m0/s1. The molecule has 25 heavy (non-hydrogen) atoms. The highest BCUT2D eigenvalue weighted by atomic mass is 16.3. The summed E-state index contributed by atoms with van der Waals surface area (Å²) in [5.74, 6) is -0.844. The van der Waals surface area contributed by atoms with Crippen molar-refractivity contribution in [3.63, 3.8) is 0 Å². The highest BCUT2D eigenvalue weighted by Gasteiger charge is 2.21. The number of carbonyl (C=O) groups is 2. The average Bonchev–Trinajstić information content (AvgIpc) is 3.27. The van der Waals surface area contributed by atoms with Gasteiger partial charge in [0.15, 0.2) is 17.1 Å². The molecule has 0 aliphatic heterocycles. The molecule has 0 bridgehead atoms. The Hall–Kier alpha value is -3.67. The summed E-state index contributed by atoms with van der Waals surface area (Å²) in [4.78, 5) is 32.4. The van der Waals surface area contributed by atoms with Crippen molar-refractivity contribution >= 4 is 17.5 Å². The predicted molar refractivity (Wildman–Crippen MR) is 86.4 cm³/mol. The van der Waals surface area contributed by atoms with Gasteiger partial charge in [-0.25, -0.2) is 9.97 Å². The molecule has 2 amide bonds. The first kappa shape index (κ1) is 16.2. The Morgan fingerprint density at radius 1 is 1.52 bits per heavy atom. The zero-order chi connectivity index (χ0) is 18.0. The molecule has 0 aliphatic rings. The molecule has 3 heterocycles. The fourth-order valence-electron chi connectivity index (χ4n) is 2.33. The van der Waals surface area contributed by atoms with Crippen LogP contribution < -0.4 is 11.1 Å².